The van der Waals surface area contributed by atoms with Gasteiger partial charge in [0, 0.05) is 6.04 Å². The molecule has 1 saturated carbocycles. The Hall–Kier alpha value is -0.380. The second kappa shape index (κ2) is 4.47. The van der Waals surface area contributed by atoms with Crippen LogP contribution in [0.15, 0.2) is 4.99 Å². The number of rotatable bonds is 2. The lowest BCUT2D eigenvalue weighted by Crippen LogP contribution is -2.49. The van der Waals surface area contributed by atoms with Gasteiger partial charge in [-0.15, -0.1) is 0 Å². The molecule has 2 atom stereocenters. The molecule has 2 fully saturated rings. The van der Waals surface area contributed by atoms with Crippen LogP contribution in [0.25, 0.3) is 0 Å². The standard InChI is InChI=1S/C12H21N3S/c13-12-14-7-11(9-5-6-16-8-9)15(12)10-3-1-2-4-10/h9-11H,1-8H2,(H2,13,14). The molecule has 0 bridgehead atoms. The van der Waals surface area contributed by atoms with Crippen molar-refractivity contribution in [2.75, 3.05) is 18.1 Å². The topological polar surface area (TPSA) is 41.6 Å². The number of nitrogens with two attached hydrogens (primary N) is 1. The molecule has 16 heavy (non-hydrogen) atoms. The molecule has 4 heteroatoms. The summed E-state index contributed by atoms with van der Waals surface area (Å²) >= 11 is 2.10. The van der Waals surface area contributed by atoms with Crippen molar-refractivity contribution in [1.29, 1.82) is 0 Å². The van der Waals surface area contributed by atoms with E-state index < -0.39 is 0 Å². The van der Waals surface area contributed by atoms with Crippen LogP contribution in [0.2, 0.25) is 0 Å². The van der Waals surface area contributed by atoms with E-state index in [4.69, 9.17) is 5.73 Å². The van der Waals surface area contributed by atoms with Gasteiger partial charge < -0.3 is 10.6 Å². The van der Waals surface area contributed by atoms with E-state index >= 15 is 0 Å². The average Bonchev–Trinajstić information content (AvgIpc) is 2.96. The summed E-state index contributed by atoms with van der Waals surface area (Å²) in [4.78, 5) is 6.98. The minimum absolute atomic E-state index is 0.623. The van der Waals surface area contributed by atoms with Crippen molar-refractivity contribution >= 4 is 17.7 Å². The zero-order chi connectivity index (χ0) is 11.0. The highest BCUT2D eigenvalue weighted by molar-refractivity contribution is 7.99. The van der Waals surface area contributed by atoms with Crippen LogP contribution in [0.5, 0.6) is 0 Å². The molecule has 1 saturated heterocycles. The molecule has 0 aromatic carbocycles. The van der Waals surface area contributed by atoms with Crippen molar-refractivity contribution in [3.05, 3.63) is 0 Å². The molecular formula is C12H21N3S. The number of nitrogens with zero attached hydrogens (tertiary/aromatic N) is 2. The normalized spacial score (nSPS) is 36.0. The molecular weight excluding hydrogens is 218 g/mol. The molecule has 2 unspecified atom stereocenters. The van der Waals surface area contributed by atoms with Gasteiger partial charge in [0.1, 0.15) is 0 Å². The van der Waals surface area contributed by atoms with Crippen molar-refractivity contribution in [2.45, 2.75) is 44.2 Å². The molecule has 3 rings (SSSR count). The van der Waals surface area contributed by atoms with Gasteiger partial charge in [-0.1, -0.05) is 12.8 Å². The molecule has 0 spiro atoms. The van der Waals surface area contributed by atoms with E-state index in [1.165, 1.54) is 43.6 Å². The van der Waals surface area contributed by atoms with Gasteiger partial charge in [0.05, 0.1) is 12.6 Å². The second-order valence-corrected chi connectivity index (χ2v) is 6.39. The Morgan fingerprint density at radius 1 is 1.25 bits per heavy atom. The molecule has 0 radical (unpaired) electrons. The van der Waals surface area contributed by atoms with E-state index in [0.29, 0.717) is 12.1 Å². The summed E-state index contributed by atoms with van der Waals surface area (Å²) in [7, 11) is 0. The van der Waals surface area contributed by atoms with E-state index in [1.807, 2.05) is 0 Å². The summed E-state index contributed by atoms with van der Waals surface area (Å²) in [6, 6.07) is 1.32. The molecule has 2 aliphatic heterocycles. The Morgan fingerprint density at radius 3 is 2.75 bits per heavy atom. The maximum Gasteiger partial charge on any atom is 0.191 e. The van der Waals surface area contributed by atoms with Crippen molar-refractivity contribution in [1.82, 2.24) is 4.90 Å². The summed E-state index contributed by atoms with van der Waals surface area (Å²) in [5, 5.41) is 0. The molecule has 0 amide bonds. The Morgan fingerprint density at radius 2 is 2.06 bits per heavy atom. The fourth-order valence-corrected chi connectivity index (χ4v) is 4.73. The van der Waals surface area contributed by atoms with Crippen LogP contribution in [-0.2, 0) is 0 Å². The average molecular weight is 239 g/mol. The fourth-order valence-electron chi connectivity index (χ4n) is 3.40. The fraction of sp³-hybridized carbons (Fsp3) is 0.917. The first kappa shape index (κ1) is 10.8. The van der Waals surface area contributed by atoms with E-state index in [9.17, 15) is 0 Å². The number of hydrogen-bond acceptors (Lipinski definition) is 4. The van der Waals surface area contributed by atoms with Crippen LogP contribution in [0.3, 0.4) is 0 Å². The van der Waals surface area contributed by atoms with E-state index in [0.717, 1.165) is 18.4 Å². The van der Waals surface area contributed by atoms with E-state index in [1.54, 1.807) is 0 Å². The van der Waals surface area contributed by atoms with Gasteiger partial charge in [0.15, 0.2) is 5.96 Å². The van der Waals surface area contributed by atoms with Crippen molar-refractivity contribution in [3.63, 3.8) is 0 Å². The maximum atomic E-state index is 6.09. The van der Waals surface area contributed by atoms with Crippen molar-refractivity contribution in [2.24, 2.45) is 16.6 Å². The minimum Gasteiger partial charge on any atom is -0.370 e. The Bertz CT molecular complexity index is 280. The summed E-state index contributed by atoms with van der Waals surface area (Å²) in [5.41, 5.74) is 6.09. The predicted octanol–water partition coefficient (Wildman–Crippen LogP) is 1.68. The summed E-state index contributed by atoms with van der Waals surface area (Å²) < 4.78 is 0. The summed E-state index contributed by atoms with van der Waals surface area (Å²) in [6.45, 7) is 0.952. The third kappa shape index (κ3) is 1.81. The number of hydrogen-bond donors (Lipinski definition) is 1. The van der Waals surface area contributed by atoms with E-state index in [2.05, 4.69) is 21.7 Å². The smallest absolute Gasteiger partial charge is 0.191 e. The molecule has 0 aromatic rings. The largest absolute Gasteiger partial charge is 0.370 e. The van der Waals surface area contributed by atoms with Crippen LogP contribution in [0.1, 0.15) is 32.1 Å². The highest BCUT2D eigenvalue weighted by Crippen LogP contribution is 2.35. The van der Waals surface area contributed by atoms with Gasteiger partial charge >= 0.3 is 0 Å². The second-order valence-electron chi connectivity index (χ2n) is 5.24. The molecule has 2 heterocycles. The quantitative estimate of drug-likeness (QED) is 0.797. The third-order valence-electron chi connectivity index (χ3n) is 4.29. The zero-order valence-corrected chi connectivity index (χ0v) is 10.6. The number of thioether (sulfide) groups is 1. The van der Waals surface area contributed by atoms with Crippen molar-refractivity contribution < 1.29 is 0 Å². The minimum atomic E-state index is 0.623. The first-order valence-electron chi connectivity index (χ1n) is 6.52. The Labute approximate surface area is 102 Å². The lowest BCUT2D eigenvalue weighted by Gasteiger charge is -2.35. The van der Waals surface area contributed by atoms with Crippen LogP contribution < -0.4 is 5.73 Å². The van der Waals surface area contributed by atoms with Crippen LogP contribution >= 0.6 is 11.8 Å². The molecule has 3 nitrogen and oxygen atoms in total. The lowest BCUT2D eigenvalue weighted by atomic mass is 9.97. The monoisotopic (exact) mass is 239 g/mol. The highest BCUT2D eigenvalue weighted by atomic mass is 32.2. The molecule has 2 N–H and O–H groups in total. The SMILES string of the molecule is NC1=NCC(C2CCSC2)N1C1CCCC1. The van der Waals surface area contributed by atoms with Gasteiger partial charge in [-0.2, -0.15) is 11.8 Å². The predicted molar refractivity (Wildman–Crippen MR) is 69.8 cm³/mol. The maximum absolute atomic E-state index is 6.09. The van der Waals surface area contributed by atoms with Gasteiger partial charge in [-0.25, -0.2) is 0 Å². The first-order valence-corrected chi connectivity index (χ1v) is 7.68. The third-order valence-corrected chi connectivity index (χ3v) is 5.48. The lowest BCUT2D eigenvalue weighted by molar-refractivity contribution is 0.208. The zero-order valence-electron chi connectivity index (χ0n) is 9.77. The van der Waals surface area contributed by atoms with Crippen LogP contribution in [-0.4, -0.2) is 41.0 Å². The number of guanidine groups is 1. The highest BCUT2D eigenvalue weighted by Gasteiger charge is 2.38. The Balaban J connectivity index is 1.73. The van der Waals surface area contributed by atoms with E-state index in [-0.39, 0.29) is 0 Å². The van der Waals surface area contributed by atoms with Gasteiger partial charge in [-0.05, 0) is 36.7 Å². The Kier molecular flexibility index (Phi) is 3.01. The first-order chi connectivity index (χ1) is 7.86. The summed E-state index contributed by atoms with van der Waals surface area (Å²) in [5.74, 6) is 4.31. The number of aliphatic imine (C=N–C) groups is 1. The molecule has 1 aliphatic carbocycles. The van der Waals surface area contributed by atoms with Crippen molar-refractivity contribution in [3.8, 4) is 0 Å². The van der Waals surface area contributed by atoms with Gasteiger partial charge in [0.25, 0.3) is 0 Å². The molecule has 90 valence electrons. The molecule has 3 aliphatic rings. The van der Waals surface area contributed by atoms with Crippen LogP contribution in [0, 0.1) is 5.92 Å². The molecule has 0 aromatic heterocycles. The van der Waals surface area contributed by atoms with Gasteiger partial charge in [-0.3, -0.25) is 4.99 Å². The summed E-state index contributed by atoms with van der Waals surface area (Å²) in [6.07, 6.45) is 6.77. The van der Waals surface area contributed by atoms with Crippen LogP contribution in [0.4, 0.5) is 0 Å². The van der Waals surface area contributed by atoms with Gasteiger partial charge in [0.2, 0.25) is 0 Å².